The number of carbonyl (C=O) groups excluding carboxylic acids is 3. The van der Waals surface area contributed by atoms with Gasteiger partial charge < -0.3 is 26.0 Å². The molecule has 0 radical (unpaired) electrons. The number of hydrogen-bond acceptors (Lipinski definition) is 5. The normalized spacial score (nSPS) is 12.4. The first-order chi connectivity index (χ1) is 24.3. The third kappa shape index (κ3) is 7.29. The summed E-state index contributed by atoms with van der Waals surface area (Å²) in [4.78, 5) is 60.9. The van der Waals surface area contributed by atoms with E-state index in [-0.39, 0.29) is 12.1 Å². The fraction of sp³-hybridized carbons (Fsp3) is 0.125. The predicted octanol–water partition coefficient (Wildman–Crippen LogP) is 4.97. The Labute approximate surface area is 288 Å². The molecule has 5 N–H and O–H groups in total. The Kier molecular flexibility index (Phi) is 10.1. The number of pyridine rings is 1. The molecule has 4 aromatic carbocycles. The van der Waals surface area contributed by atoms with Crippen molar-refractivity contribution in [1.82, 2.24) is 25.9 Å². The van der Waals surface area contributed by atoms with E-state index in [2.05, 4.69) is 25.9 Å². The standard InChI is InChI=1S/C40H35N5O5/c46-36(45-40(28-14-4-1-5-15-28,29-16-6-2-7-17-29)30-18-8-3-9-19-30)25-35(39(49)50)44-38(48)34(43-37(47)33-22-12-13-23-41-33)24-27-26-42-32-21-11-10-20-31(27)32/h1-23,26,34-35,42H,24-25H2,(H,43,47)(H,44,48)(H,45,46)(H,49,50)/t34-,35-/m0/s1. The Morgan fingerprint density at radius 1 is 0.680 bits per heavy atom. The molecule has 0 saturated carbocycles. The summed E-state index contributed by atoms with van der Waals surface area (Å²) >= 11 is 0. The molecule has 2 heterocycles. The van der Waals surface area contributed by atoms with Crippen LogP contribution in [0.5, 0.6) is 0 Å². The molecule has 250 valence electrons. The molecule has 2 aromatic heterocycles. The second-order valence-corrected chi connectivity index (χ2v) is 11.8. The van der Waals surface area contributed by atoms with Gasteiger partial charge in [0.05, 0.1) is 6.42 Å². The highest BCUT2D eigenvalue weighted by atomic mass is 16.4. The summed E-state index contributed by atoms with van der Waals surface area (Å²) < 4.78 is 0. The second-order valence-electron chi connectivity index (χ2n) is 11.8. The minimum absolute atomic E-state index is 0.0477. The van der Waals surface area contributed by atoms with E-state index in [0.717, 1.165) is 33.2 Å². The van der Waals surface area contributed by atoms with E-state index in [1.165, 1.54) is 12.3 Å². The highest BCUT2D eigenvalue weighted by Gasteiger charge is 2.39. The maximum Gasteiger partial charge on any atom is 0.326 e. The topological polar surface area (TPSA) is 153 Å². The lowest BCUT2D eigenvalue weighted by atomic mass is 9.77. The highest BCUT2D eigenvalue weighted by Crippen LogP contribution is 2.37. The van der Waals surface area contributed by atoms with Gasteiger partial charge in [-0.2, -0.15) is 0 Å². The van der Waals surface area contributed by atoms with E-state index in [1.54, 1.807) is 18.3 Å². The Bertz CT molecular complexity index is 1990. The van der Waals surface area contributed by atoms with Crippen molar-refractivity contribution in [2.24, 2.45) is 0 Å². The smallest absolute Gasteiger partial charge is 0.326 e. The molecular weight excluding hydrogens is 630 g/mol. The van der Waals surface area contributed by atoms with Crippen LogP contribution in [0.15, 0.2) is 146 Å². The summed E-state index contributed by atoms with van der Waals surface area (Å²) in [7, 11) is 0. The van der Waals surface area contributed by atoms with Gasteiger partial charge in [0.15, 0.2) is 0 Å². The molecule has 0 spiro atoms. The van der Waals surface area contributed by atoms with Crippen LogP contribution in [0, 0.1) is 0 Å². The van der Waals surface area contributed by atoms with Gasteiger partial charge in [0.2, 0.25) is 11.8 Å². The minimum Gasteiger partial charge on any atom is -0.480 e. The number of H-pyrrole nitrogens is 1. The third-order valence-electron chi connectivity index (χ3n) is 8.57. The quantitative estimate of drug-likeness (QED) is 0.110. The zero-order valence-electron chi connectivity index (χ0n) is 27.0. The monoisotopic (exact) mass is 665 g/mol. The Morgan fingerprint density at radius 2 is 1.24 bits per heavy atom. The zero-order chi connectivity index (χ0) is 34.9. The van der Waals surface area contributed by atoms with Crippen molar-refractivity contribution >= 4 is 34.6 Å². The highest BCUT2D eigenvalue weighted by molar-refractivity contribution is 5.98. The number of rotatable bonds is 13. The molecule has 0 unspecified atom stereocenters. The van der Waals surface area contributed by atoms with Crippen LogP contribution in [0.4, 0.5) is 0 Å². The molecule has 3 amide bonds. The summed E-state index contributed by atoms with van der Waals surface area (Å²) in [5.74, 6) is -3.38. The maximum atomic E-state index is 14.0. The van der Waals surface area contributed by atoms with Crippen LogP contribution in [-0.4, -0.2) is 50.8 Å². The van der Waals surface area contributed by atoms with E-state index < -0.39 is 47.7 Å². The molecule has 6 rings (SSSR count). The lowest BCUT2D eigenvalue weighted by molar-refractivity contribution is -0.144. The summed E-state index contributed by atoms with van der Waals surface area (Å²) in [5.41, 5.74) is 2.79. The van der Waals surface area contributed by atoms with Crippen LogP contribution in [0.1, 0.15) is 39.2 Å². The fourth-order valence-electron chi connectivity index (χ4n) is 6.16. The number of nitrogens with zero attached hydrogens (tertiary/aromatic N) is 1. The number of carboxylic acid groups (broad SMARTS) is 1. The van der Waals surface area contributed by atoms with E-state index in [0.29, 0.717) is 0 Å². The van der Waals surface area contributed by atoms with Gasteiger partial charge in [0, 0.05) is 29.7 Å². The molecule has 0 fully saturated rings. The lowest BCUT2D eigenvalue weighted by Crippen LogP contribution is -2.55. The molecule has 0 aliphatic rings. The summed E-state index contributed by atoms with van der Waals surface area (Å²) in [5, 5.41) is 19.5. The Balaban J connectivity index is 1.28. The van der Waals surface area contributed by atoms with Crippen molar-refractivity contribution in [2.45, 2.75) is 30.5 Å². The number of carboxylic acids is 1. The number of amides is 3. The molecular formula is C40H35N5O5. The fourth-order valence-corrected chi connectivity index (χ4v) is 6.16. The average Bonchev–Trinajstić information content (AvgIpc) is 3.57. The number of para-hydroxylation sites is 1. The number of aromatic nitrogens is 2. The Hall–Kier alpha value is -6.55. The van der Waals surface area contributed by atoms with E-state index >= 15 is 0 Å². The SMILES string of the molecule is O=C(C[C@H](NC(=O)[C@H](Cc1c[nH]c2ccccc12)NC(=O)c1ccccn1)C(=O)O)NC(c1ccccc1)(c1ccccc1)c1ccccc1. The first kappa shape index (κ1) is 33.4. The van der Waals surface area contributed by atoms with Gasteiger partial charge in [-0.05, 0) is 40.5 Å². The molecule has 0 bridgehead atoms. The average molecular weight is 666 g/mol. The molecule has 2 atom stereocenters. The first-order valence-corrected chi connectivity index (χ1v) is 16.1. The number of nitrogens with one attached hydrogen (secondary N) is 4. The van der Waals surface area contributed by atoms with Crippen LogP contribution < -0.4 is 16.0 Å². The molecule has 10 nitrogen and oxygen atoms in total. The second kappa shape index (κ2) is 15.1. The predicted molar refractivity (Wildman–Crippen MR) is 189 cm³/mol. The van der Waals surface area contributed by atoms with Crippen LogP contribution in [0.2, 0.25) is 0 Å². The maximum absolute atomic E-state index is 14.0. The van der Waals surface area contributed by atoms with Crippen LogP contribution in [0.3, 0.4) is 0 Å². The van der Waals surface area contributed by atoms with Crippen molar-refractivity contribution < 1.29 is 24.3 Å². The van der Waals surface area contributed by atoms with Crippen LogP contribution >= 0.6 is 0 Å². The summed E-state index contributed by atoms with van der Waals surface area (Å²) in [6, 6.07) is 37.8. The largest absolute Gasteiger partial charge is 0.480 e. The van der Waals surface area contributed by atoms with Gasteiger partial charge in [-0.3, -0.25) is 19.4 Å². The first-order valence-electron chi connectivity index (χ1n) is 16.1. The van der Waals surface area contributed by atoms with Crippen molar-refractivity contribution in [3.05, 3.63) is 174 Å². The summed E-state index contributed by atoms with van der Waals surface area (Å²) in [6.45, 7) is 0. The molecule has 50 heavy (non-hydrogen) atoms. The van der Waals surface area contributed by atoms with Crippen molar-refractivity contribution in [3.63, 3.8) is 0 Å². The van der Waals surface area contributed by atoms with Gasteiger partial charge in [0.25, 0.3) is 5.91 Å². The minimum atomic E-state index is -1.61. The number of aliphatic carboxylic acids is 1. The van der Waals surface area contributed by atoms with Gasteiger partial charge in [-0.25, -0.2) is 4.79 Å². The molecule has 6 aromatic rings. The van der Waals surface area contributed by atoms with Gasteiger partial charge >= 0.3 is 5.97 Å². The number of hydrogen-bond donors (Lipinski definition) is 5. The van der Waals surface area contributed by atoms with Crippen LogP contribution in [-0.2, 0) is 26.3 Å². The number of benzene rings is 4. The Morgan fingerprint density at radius 3 is 1.80 bits per heavy atom. The summed E-state index contributed by atoms with van der Waals surface area (Å²) in [6.07, 6.45) is 2.68. The van der Waals surface area contributed by atoms with Crippen molar-refractivity contribution in [3.8, 4) is 0 Å². The number of fused-ring (bicyclic) bond motifs is 1. The van der Waals surface area contributed by atoms with Gasteiger partial charge in [-0.15, -0.1) is 0 Å². The number of aromatic amines is 1. The van der Waals surface area contributed by atoms with Gasteiger partial charge in [0.1, 0.15) is 23.3 Å². The van der Waals surface area contributed by atoms with Gasteiger partial charge in [-0.1, -0.05) is 115 Å². The molecule has 0 aliphatic carbocycles. The molecule has 10 heteroatoms. The third-order valence-corrected chi connectivity index (χ3v) is 8.57. The molecule has 0 aliphatic heterocycles. The lowest BCUT2D eigenvalue weighted by Gasteiger charge is -2.37. The zero-order valence-corrected chi connectivity index (χ0v) is 27.0. The van der Waals surface area contributed by atoms with E-state index in [9.17, 15) is 24.3 Å². The molecule has 0 saturated heterocycles. The number of carbonyl (C=O) groups is 4. The van der Waals surface area contributed by atoms with E-state index in [1.807, 2.05) is 115 Å². The van der Waals surface area contributed by atoms with Crippen molar-refractivity contribution in [1.29, 1.82) is 0 Å². The van der Waals surface area contributed by atoms with Crippen molar-refractivity contribution in [2.75, 3.05) is 0 Å². The van der Waals surface area contributed by atoms with Crippen LogP contribution in [0.25, 0.3) is 10.9 Å². The van der Waals surface area contributed by atoms with E-state index in [4.69, 9.17) is 0 Å².